The van der Waals surface area contributed by atoms with Gasteiger partial charge in [-0.15, -0.1) is 0 Å². The average Bonchev–Trinajstić information content (AvgIpc) is 2.01. The van der Waals surface area contributed by atoms with Gasteiger partial charge in [-0.1, -0.05) is 13.8 Å². The van der Waals surface area contributed by atoms with Gasteiger partial charge in [0.1, 0.15) is 0 Å². The number of carbonyl (C=O) groups is 2. The second-order valence-electron chi connectivity index (χ2n) is 3.67. The normalized spacial score (nSPS) is 12.6. The predicted octanol–water partition coefficient (Wildman–Crippen LogP) is -0.0493. The first-order chi connectivity index (χ1) is 6.43. The van der Waals surface area contributed by atoms with Gasteiger partial charge < -0.3 is 16.2 Å². The molecule has 0 rings (SSSR count). The summed E-state index contributed by atoms with van der Waals surface area (Å²) in [7, 11) is 0. The molecule has 0 aliphatic heterocycles. The predicted molar refractivity (Wildman–Crippen MR) is 52.7 cm³/mol. The molecular formula is C9H18N2O3. The van der Waals surface area contributed by atoms with Gasteiger partial charge >= 0.3 is 5.97 Å². The molecule has 4 N–H and O–H groups in total. The lowest BCUT2D eigenvalue weighted by atomic mass is 10.0. The first kappa shape index (κ1) is 12.9. The van der Waals surface area contributed by atoms with E-state index in [-0.39, 0.29) is 18.9 Å². The minimum atomic E-state index is -0.928. The van der Waals surface area contributed by atoms with Crippen LogP contribution >= 0.6 is 0 Å². The van der Waals surface area contributed by atoms with Crippen LogP contribution < -0.4 is 11.1 Å². The van der Waals surface area contributed by atoms with Crippen molar-refractivity contribution in [2.75, 3.05) is 6.54 Å². The number of nitrogens with two attached hydrogens (primary N) is 1. The number of amides is 1. The molecule has 0 fully saturated rings. The Morgan fingerprint density at radius 2 is 2.00 bits per heavy atom. The van der Waals surface area contributed by atoms with Crippen molar-refractivity contribution in [3.8, 4) is 0 Å². The number of aliphatic carboxylic acids is 1. The van der Waals surface area contributed by atoms with E-state index in [0.29, 0.717) is 12.3 Å². The van der Waals surface area contributed by atoms with Gasteiger partial charge in [0.25, 0.3) is 0 Å². The van der Waals surface area contributed by atoms with Crippen LogP contribution in [0.5, 0.6) is 0 Å². The number of rotatable bonds is 6. The Kier molecular flexibility index (Phi) is 5.87. The van der Waals surface area contributed by atoms with E-state index in [4.69, 9.17) is 10.8 Å². The van der Waals surface area contributed by atoms with Gasteiger partial charge in [-0.05, 0) is 12.3 Å². The summed E-state index contributed by atoms with van der Waals surface area (Å²) in [5, 5.41) is 10.8. The molecule has 0 heterocycles. The maximum absolute atomic E-state index is 11.2. The zero-order valence-corrected chi connectivity index (χ0v) is 8.62. The molecule has 5 heteroatoms. The lowest BCUT2D eigenvalue weighted by Crippen LogP contribution is -2.42. The smallest absolute Gasteiger partial charge is 0.305 e. The van der Waals surface area contributed by atoms with Gasteiger partial charge in [0.05, 0.1) is 12.5 Å². The number of nitrogens with one attached hydrogen (secondary N) is 1. The standard InChI is InChI=1S/C9H18N2O3/c1-6(2)5-7(10)9(14)11-4-3-8(12)13/h6-7H,3-5,10H2,1-2H3,(H,11,14)(H,12,13). The molecule has 1 unspecified atom stereocenters. The molecule has 0 aliphatic rings. The van der Waals surface area contributed by atoms with Gasteiger partial charge in [0.2, 0.25) is 5.91 Å². The van der Waals surface area contributed by atoms with Gasteiger partial charge in [0, 0.05) is 6.54 Å². The molecule has 0 radical (unpaired) electrons. The molecule has 0 bridgehead atoms. The maximum Gasteiger partial charge on any atom is 0.305 e. The summed E-state index contributed by atoms with van der Waals surface area (Å²) in [5.74, 6) is -0.849. The Hall–Kier alpha value is -1.10. The Balaban J connectivity index is 3.67. The van der Waals surface area contributed by atoms with Crippen molar-refractivity contribution < 1.29 is 14.7 Å². The van der Waals surface area contributed by atoms with E-state index in [1.54, 1.807) is 0 Å². The molecule has 5 nitrogen and oxygen atoms in total. The lowest BCUT2D eigenvalue weighted by molar-refractivity contribution is -0.136. The fourth-order valence-electron chi connectivity index (χ4n) is 1.04. The molecule has 0 saturated carbocycles. The highest BCUT2D eigenvalue weighted by Crippen LogP contribution is 2.02. The highest BCUT2D eigenvalue weighted by Gasteiger charge is 2.14. The van der Waals surface area contributed by atoms with Crippen LogP contribution in [0.4, 0.5) is 0 Å². The van der Waals surface area contributed by atoms with Gasteiger partial charge in [0.15, 0.2) is 0 Å². The largest absolute Gasteiger partial charge is 0.481 e. The molecule has 0 aromatic heterocycles. The zero-order valence-electron chi connectivity index (χ0n) is 8.62. The highest BCUT2D eigenvalue weighted by atomic mass is 16.4. The van der Waals surface area contributed by atoms with Crippen LogP contribution in [0.25, 0.3) is 0 Å². The van der Waals surface area contributed by atoms with Crippen LogP contribution in [0.2, 0.25) is 0 Å². The fourth-order valence-corrected chi connectivity index (χ4v) is 1.04. The third kappa shape index (κ3) is 6.42. The maximum atomic E-state index is 11.2. The van der Waals surface area contributed by atoms with Crippen LogP contribution in [0.3, 0.4) is 0 Å². The Labute approximate surface area is 83.7 Å². The first-order valence-electron chi connectivity index (χ1n) is 4.68. The van der Waals surface area contributed by atoms with Crippen LogP contribution in [0, 0.1) is 5.92 Å². The molecule has 0 aromatic carbocycles. The summed E-state index contributed by atoms with van der Waals surface area (Å²) < 4.78 is 0. The quantitative estimate of drug-likeness (QED) is 0.563. The van der Waals surface area contributed by atoms with E-state index in [2.05, 4.69) is 5.32 Å². The summed E-state index contributed by atoms with van der Waals surface area (Å²) in [5.41, 5.74) is 5.58. The van der Waals surface area contributed by atoms with Crippen molar-refractivity contribution in [2.45, 2.75) is 32.7 Å². The van der Waals surface area contributed by atoms with Crippen molar-refractivity contribution in [3.63, 3.8) is 0 Å². The Bertz CT molecular complexity index is 204. The summed E-state index contributed by atoms with van der Waals surface area (Å²) in [4.78, 5) is 21.4. The van der Waals surface area contributed by atoms with Gasteiger partial charge in [-0.3, -0.25) is 9.59 Å². The molecule has 82 valence electrons. The number of carboxylic acid groups (broad SMARTS) is 1. The average molecular weight is 202 g/mol. The summed E-state index contributed by atoms with van der Waals surface area (Å²) in [6.45, 7) is 4.09. The third-order valence-electron chi connectivity index (χ3n) is 1.70. The van der Waals surface area contributed by atoms with Crippen molar-refractivity contribution in [1.82, 2.24) is 5.32 Å². The van der Waals surface area contributed by atoms with E-state index in [0.717, 1.165) is 0 Å². The zero-order chi connectivity index (χ0) is 11.1. The molecule has 1 amide bonds. The molecular weight excluding hydrogens is 184 g/mol. The van der Waals surface area contributed by atoms with Crippen molar-refractivity contribution >= 4 is 11.9 Å². The number of hydrogen-bond donors (Lipinski definition) is 3. The SMILES string of the molecule is CC(C)CC(N)C(=O)NCCC(=O)O. The van der Waals surface area contributed by atoms with E-state index in [1.165, 1.54) is 0 Å². The number of carboxylic acids is 1. The third-order valence-corrected chi connectivity index (χ3v) is 1.70. The second kappa shape index (κ2) is 6.37. The molecule has 0 aromatic rings. The van der Waals surface area contributed by atoms with Crippen LogP contribution in [-0.2, 0) is 9.59 Å². The molecule has 14 heavy (non-hydrogen) atoms. The highest BCUT2D eigenvalue weighted by molar-refractivity contribution is 5.81. The van der Waals surface area contributed by atoms with E-state index in [1.807, 2.05) is 13.8 Å². The summed E-state index contributed by atoms with van der Waals surface area (Å²) in [6, 6.07) is -0.538. The van der Waals surface area contributed by atoms with Crippen LogP contribution in [-0.4, -0.2) is 29.6 Å². The minimum absolute atomic E-state index is 0.0693. The van der Waals surface area contributed by atoms with E-state index >= 15 is 0 Å². The Morgan fingerprint density at radius 1 is 1.43 bits per heavy atom. The molecule has 1 atom stereocenters. The van der Waals surface area contributed by atoms with Crippen molar-refractivity contribution in [2.24, 2.45) is 11.7 Å². The van der Waals surface area contributed by atoms with E-state index in [9.17, 15) is 9.59 Å². The van der Waals surface area contributed by atoms with Crippen LogP contribution in [0.1, 0.15) is 26.7 Å². The minimum Gasteiger partial charge on any atom is -0.481 e. The summed E-state index contributed by atoms with van der Waals surface area (Å²) >= 11 is 0. The van der Waals surface area contributed by atoms with Crippen molar-refractivity contribution in [1.29, 1.82) is 0 Å². The molecule has 0 saturated heterocycles. The topological polar surface area (TPSA) is 92.4 Å². The monoisotopic (exact) mass is 202 g/mol. The lowest BCUT2D eigenvalue weighted by Gasteiger charge is -2.13. The second-order valence-corrected chi connectivity index (χ2v) is 3.67. The number of hydrogen-bond acceptors (Lipinski definition) is 3. The number of carbonyl (C=O) groups excluding carboxylic acids is 1. The molecule has 0 aliphatic carbocycles. The Morgan fingerprint density at radius 3 is 2.43 bits per heavy atom. The van der Waals surface area contributed by atoms with Crippen molar-refractivity contribution in [3.05, 3.63) is 0 Å². The van der Waals surface area contributed by atoms with Gasteiger partial charge in [-0.25, -0.2) is 0 Å². The first-order valence-corrected chi connectivity index (χ1v) is 4.68. The molecule has 0 spiro atoms. The van der Waals surface area contributed by atoms with Gasteiger partial charge in [-0.2, -0.15) is 0 Å². The van der Waals surface area contributed by atoms with E-state index < -0.39 is 12.0 Å². The fraction of sp³-hybridized carbons (Fsp3) is 0.778. The van der Waals surface area contributed by atoms with Crippen LogP contribution in [0.15, 0.2) is 0 Å². The summed E-state index contributed by atoms with van der Waals surface area (Å²) in [6.07, 6.45) is 0.541.